The van der Waals surface area contributed by atoms with Crippen LogP contribution in [0.5, 0.6) is 0 Å². The Kier molecular flexibility index (Phi) is 3.87. The quantitative estimate of drug-likeness (QED) is 0.806. The van der Waals surface area contributed by atoms with Crippen molar-refractivity contribution >= 4 is 11.6 Å². The van der Waals surface area contributed by atoms with Gasteiger partial charge in [-0.2, -0.15) is 0 Å². The fraction of sp³-hybridized carbons (Fsp3) is 0.500. The van der Waals surface area contributed by atoms with Crippen molar-refractivity contribution in [2.75, 3.05) is 18.8 Å². The first-order chi connectivity index (χ1) is 8.54. The third-order valence-corrected chi connectivity index (χ3v) is 3.11. The van der Waals surface area contributed by atoms with Crippen molar-refractivity contribution in [3.8, 4) is 0 Å². The highest BCUT2D eigenvalue weighted by Gasteiger charge is 2.25. The van der Waals surface area contributed by atoms with Gasteiger partial charge in [0.15, 0.2) is 0 Å². The Hall–Kier alpha value is -1.55. The highest BCUT2D eigenvalue weighted by molar-refractivity contribution is 5.79. The number of benzene rings is 1. The number of carbonyl (C=O) groups excluding carboxylic acids is 1. The normalized spacial score (nSPS) is 24.0. The molecule has 1 aliphatic rings. The molecule has 4 nitrogen and oxygen atoms in total. The van der Waals surface area contributed by atoms with Gasteiger partial charge in [0.05, 0.1) is 18.6 Å². The van der Waals surface area contributed by atoms with Crippen LogP contribution >= 0.6 is 0 Å². The Morgan fingerprint density at radius 1 is 1.28 bits per heavy atom. The number of hydrogen-bond donors (Lipinski definition) is 1. The van der Waals surface area contributed by atoms with E-state index in [1.165, 1.54) is 0 Å². The van der Waals surface area contributed by atoms with E-state index in [9.17, 15) is 4.79 Å². The van der Waals surface area contributed by atoms with Gasteiger partial charge in [0.25, 0.3) is 0 Å². The molecule has 1 heterocycles. The van der Waals surface area contributed by atoms with E-state index in [2.05, 4.69) is 0 Å². The molecule has 18 heavy (non-hydrogen) atoms. The number of morpholine rings is 1. The largest absolute Gasteiger partial charge is 0.399 e. The van der Waals surface area contributed by atoms with Gasteiger partial charge in [-0.3, -0.25) is 4.79 Å². The lowest BCUT2D eigenvalue weighted by molar-refractivity contribution is -0.142. The maximum Gasteiger partial charge on any atom is 0.227 e. The molecular formula is C14H20N2O2. The van der Waals surface area contributed by atoms with Crippen LogP contribution in [0.4, 0.5) is 5.69 Å². The Morgan fingerprint density at radius 2 is 1.83 bits per heavy atom. The average Bonchev–Trinajstić information content (AvgIpc) is 2.31. The number of nitrogen functional groups attached to an aromatic ring is 1. The number of ether oxygens (including phenoxy) is 1. The van der Waals surface area contributed by atoms with Gasteiger partial charge >= 0.3 is 0 Å². The molecule has 1 fully saturated rings. The predicted octanol–water partition coefficient (Wildman–Crippen LogP) is 1.45. The van der Waals surface area contributed by atoms with Gasteiger partial charge in [-0.05, 0) is 31.5 Å². The first-order valence-electron chi connectivity index (χ1n) is 6.32. The molecule has 0 unspecified atom stereocenters. The summed E-state index contributed by atoms with van der Waals surface area (Å²) in [6.07, 6.45) is 0.660. The molecule has 0 bridgehead atoms. The molecule has 0 spiro atoms. The van der Waals surface area contributed by atoms with Crippen molar-refractivity contribution in [2.24, 2.45) is 0 Å². The molecule has 2 N–H and O–H groups in total. The van der Waals surface area contributed by atoms with Crippen LogP contribution in [-0.2, 0) is 16.0 Å². The van der Waals surface area contributed by atoms with Gasteiger partial charge in [-0.1, -0.05) is 12.1 Å². The number of rotatable bonds is 2. The summed E-state index contributed by atoms with van der Waals surface area (Å²) in [6.45, 7) is 5.36. The number of anilines is 1. The van der Waals surface area contributed by atoms with E-state index in [-0.39, 0.29) is 18.1 Å². The molecule has 1 amide bonds. The minimum atomic E-state index is 0.115. The lowest BCUT2D eigenvalue weighted by Gasteiger charge is -2.35. The smallest absolute Gasteiger partial charge is 0.227 e. The zero-order valence-electron chi connectivity index (χ0n) is 10.9. The third kappa shape index (κ3) is 3.23. The minimum absolute atomic E-state index is 0.115. The van der Waals surface area contributed by atoms with Crippen molar-refractivity contribution in [3.63, 3.8) is 0 Å². The van der Waals surface area contributed by atoms with Crippen LogP contribution < -0.4 is 5.73 Å². The van der Waals surface area contributed by atoms with E-state index in [1.807, 2.05) is 43.0 Å². The lowest BCUT2D eigenvalue weighted by Crippen LogP contribution is -2.48. The van der Waals surface area contributed by atoms with E-state index < -0.39 is 0 Å². The van der Waals surface area contributed by atoms with Crippen LogP contribution in [0.2, 0.25) is 0 Å². The van der Waals surface area contributed by atoms with Crippen LogP contribution in [-0.4, -0.2) is 36.1 Å². The topological polar surface area (TPSA) is 55.6 Å². The highest BCUT2D eigenvalue weighted by atomic mass is 16.5. The fourth-order valence-electron chi connectivity index (χ4n) is 2.30. The molecule has 1 aromatic carbocycles. The highest BCUT2D eigenvalue weighted by Crippen LogP contribution is 2.13. The Labute approximate surface area is 108 Å². The van der Waals surface area contributed by atoms with E-state index in [4.69, 9.17) is 10.5 Å². The Balaban J connectivity index is 1.97. The average molecular weight is 248 g/mol. The van der Waals surface area contributed by atoms with Crippen LogP contribution in [0, 0.1) is 0 Å². The maximum atomic E-state index is 12.2. The second-order valence-corrected chi connectivity index (χ2v) is 4.97. The van der Waals surface area contributed by atoms with Crippen LogP contribution in [0.1, 0.15) is 19.4 Å². The van der Waals surface area contributed by atoms with E-state index in [1.54, 1.807) is 0 Å². The summed E-state index contributed by atoms with van der Waals surface area (Å²) in [6, 6.07) is 7.46. The summed E-state index contributed by atoms with van der Waals surface area (Å²) in [7, 11) is 0. The van der Waals surface area contributed by atoms with Crippen molar-refractivity contribution in [2.45, 2.75) is 32.5 Å². The maximum absolute atomic E-state index is 12.2. The molecule has 0 aliphatic carbocycles. The first-order valence-corrected chi connectivity index (χ1v) is 6.32. The summed E-state index contributed by atoms with van der Waals surface area (Å²) in [4.78, 5) is 14.1. The molecule has 98 valence electrons. The van der Waals surface area contributed by atoms with E-state index in [0.717, 1.165) is 11.3 Å². The van der Waals surface area contributed by atoms with Crippen LogP contribution in [0.3, 0.4) is 0 Å². The molecule has 4 heteroatoms. The Morgan fingerprint density at radius 3 is 2.39 bits per heavy atom. The summed E-state index contributed by atoms with van der Waals surface area (Å²) < 4.78 is 5.62. The zero-order valence-corrected chi connectivity index (χ0v) is 10.9. The van der Waals surface area contributed by atoms with Crippen molar-refractivity contribution in [1.29, 1.82) is 0 Å². The molecule has 2 rings (SSSR count). The number of hydrogen-bond acceptors (Lipinski definition) is 3. The molecule has 0 radical (unpaired) electrons. The summed E-state index contributed by atoms with van der Waals surface area (Å²) in [5.41, 5.74) is 7.35. The van der Waals surface area contributed by atoms with Crippen molar-refractivity contribution in [1.82, 2.24) is 4.90 Å². The fourth-order valence-corrected chi connectivity index (χ4v) is 2.30. The molecule has 0 aromatic heterocycles. The van der Waals surface area contributed by atoms with Gasteiger partial charge in [0, 0.05) is 18.8 Å². The molecule has 0 saturated carbocycles. The zero-order chi connectivity index (χ0) is 13.1. The second kappa shape index (κ2) is 5.40. The minimum Gasteiger partial charge on any atom is -0.399 e. The Bertz CT molecular complexity index is 406. The van der Waals surface area contributed by atoms with Crippen molar-refractivity contribution in [3.05, 3.63) is 29.8 Å². The number of carbonyl (C=O) groups is 1. The molecular weight excluding hydrogens is 228 g/mol. The van der Waals surface area contributed by atoms with Gasteiger partial charge in [-0.25, -0.2) is 0 Å². The van der Waals surface area contributed by atoms with Gasteiger partial charge in [0.1, 0.15) is 0 Å². The third-order valence-electron chi connectivity index (χ3n) is 3.11. The SMILES string of the molecule is C[C@H]1CN(C(=O)Cc2ccc(N)cc2)C[C@H](C)O1. The van der Waals surface area contributed by atoms with Crippen molar-refractivity contribution < 1.29 is 9.53 Å². The number of nitrogens with two attached hydrogens (primary N) is 1. The van der Waals surface area contributed by atoms with E-state index in [0.29, 0.717) is 19.5 Å². The lowest BCUT2D eigenvalue weighted by atomic mass is 10.1. The number of nitrogens with zero attached hydrogens (tertiary/aromatic N) is 1. The van der Waals surface area contributed by atoms with E-state index >= 15 is 0 Å². The molecule has 1 saturated heterocycles. The van der Waals surface area contributed by atoms with Gasteiger partial charge in [0.2, 0.25) is 5.91 Å². The summed E-state index contributed by atoms with van der Waals surface area (Å²) in [5.74, 6) is 0.154. The van der Waals surface area contributed by atoms with Gasteiger partial charge in [-0.15, -0.1) is 0 Å². The molecule has 1 aliphatic heterocycles. The molecule has 1 aromatic rings. The molecule has 2 atom stereocenters. The summed E-state index contributed by atoms with van der Waals surface area (Å²) >= 11 is 0. The van der Waals surface area contributed by atoms with Crippen LogP contribution in [0.15, 0.2) is 24.3 Å². The summed E-state index contributed by atoms with van der Waals surface area (Å²) in [5, 5.41) is 0. The first kappa shape index (κ1) is 12.9. The number of amides is 1. The second-order valence-electron chi connectivity index (χ2n) is 4.97. The standard InChI is InChI=1S/C14H20N2O2/c1-10-8-16(9-11(2)18-10)14(17)7-12-3-5-13(15)6-4-12/h3-6,10-11H,7-9,15H2,1-2H3/t10-,11-/m0/s1. The monoisotopic (exact) mass is 248 g/mol. The van der Waals surface area contributed by atoms with Crippen LogP contribution in [0.25, 0.3) is 0 Å². The van der Waals surface area contributed by atoms with Gasteiger partial charge < -0.3 is 15.4 Å². The predicted molar refractivity (Wildman–Crippen MR) is 71.1 cm³/mol.